The Labute approximate surface area is 220 Å². The van der Waals surface area contributed by atoms with Crippen molar-refractivity contribution in [2.75, 3.05) is 6.61 Å². The highest BCUT2D eigenvalue weighted by Gasteiger charge is 2.54. The van der Waals surface area contributed by atoms with Crippen molar-refractivity contribution in [3.05, 3.63) is 61.8 Å². The van der Waals surface area contributed by atoms with Gasteiger partial charge in [0, 0.05) is 6.20 Å². The summed E-state index contributed by atoms with van der Waals surface area (Å²) in [6.07, 6.45) is -3.62. The van der Waals surface area contributed by atoms with Crippen LogP contribution in [0.15, 0.2) is 50.6 Å². The maximum absolute atomic E-state index is 13.6. The van der Waals surface area contributed by atoms with Crippen LogP contribution in [0.5, 0.6) is 5.75 Å². The topological polar surface area (TPSA) is 178 Å². The number of aromatic amines is 1. The number of carbonyl (C=O) groups excluding carboxylic acids is 1. The van der Waals surface area contributed by atoms with E-state index in [0.29, 0.717) is 0 Å². The van der Waals surface area contributed by atoms with Gasteiger partial charge in [-0.25, -0.2) is 9.36 Å². The second kappa shape index (κ2) is 11.6. The first-order chi connectivity index (χ1) is 17.2. The molecule has 3 rings (SSSR count). The molecular formula is C22H29BrN3O10P. The minimum Gasteiger partial charge on any atom is -0.462 e. The zero-order chi connectivity index (χ0) is 27.5. The van der Waals surface area contributed by atoms with Gasteiger partial charge in [-0.1, -0.05) is 18.2 Å². The summed E-state index contributed by atoms with van der Waals surface area (Å²) < 4.78 is 36.4. The maximum Gasteiger partial charge on any atom is 0.459 e. The lowest BCUT2D eigenvalue weighted by Gasteiger charge is -2.27. The molecule has 4 N–H and O–H groups in total. The molecule has 1 fully saturated rings. The molecule has 0 radical (unpaired) electrons. The molecule has 0 aliphatic carbocycles. The van der Waals surface area contributed by atoms with Crippen LogP contribution in [-0.4, -0.2) is 62.3 Å². The average Bonchev–Trinajstić information content (AvgIpc) is 3.03. The van der Waals surface area contributed by atoms with Crippen molar-refractivity contribution in [1.29, 1.82) is 0 Å². The highest BCUT2D eigenvalue weighted by molar-refractivity contribution is 9.10. The number of para-hydroxylation sites is 1. The molecule has 0 bridgehead atoms. The summed E-state index contributed by atoms with van der Waals surface area (Å²) in [5.74, 6) is -0.524. The van der Waals surface area contributed by atoms with Crippen molar-refractivity contribution in [2.45, 2.75) is 63.9 Å². The van der Waals surface area contributed by atoms with Crippen molar-refractivity contribution in [3.63, 3.8) is 0 Å². The number of nitrogens with one attached hydrogen (secondary N) is 2. The van der Waals surface area contributed by atoms with Gasteiger partial charge in [0.15, 0.2) is 6.23 Å². The predicted octanol–water partition coefficient (Wildman–Crippen LogP) is 1.44. The molecule has 15 heteroatoms. The smallest absolute Gasteiger partial charge is 0.459 e. The van der Waals surface area contributed by atoms with Crippen LogP contribution < -0.4 is 20.9 Å². The number of aromatic nitrogens is 2. The van der Waals surface area contributed by atoms with E-state index in [9.17, 15) is 29.2 Å². The first kappa shape index (κ1) is 29.2. The Morgan fingerprint density at radius 3 is 2.57 bits per heavy atom. The van der Waals surface area contributed by atoms with Crippen LogP contribution in [0.25, 0.3) is 0 Å². The zero-order valence-corrected chi connectivity index (χ0v) is 23.0. The highest BCUT2D eigenvalue weighted by atomic mass is 79.9. The summed E-state index contributed by atoms with van der Waals surface area (Å²) >= 11 is 3.01. The lowest BCUT2D eigenvalue weighted by atomic mass is 9.96. The van der Waals surface area contributed by atoms with E-state index >= 15 is 0 Å². The number of benzene rings is 1. The van der Waals surface area contributed by atoms with E-state index in [1.165, 1.54) is 26.0 Å². The molecule has 1 aromatic heterocycles. The van der Waals surface area contributed by atoms with Crippen LogP contribution in [-0.2, 0) is 23.4 Å². The van der Waals surface area contributed by atoms with Gasteiger partial charge in [0.1, 0.15) is 29.6 Å². The van der Waals surface area contributed by atoms with Crippen molar-refractivity contribution in [3.8, 4) is 5.75 Å². The molecule has 0 spiro atoms. The van der Waals surface area contributed by atoms with Gasteiger partial charge in [-0.2, -0.15) is 5.09 Å². The van der Waals surface area contributed by atoms with Gasteiger partial charge >= 0.3 is 19.4 Å². The standard InChI is InChI=1S/C22H29BrN3O10P/c1-12(2)34-19(29)13(3)25-37(32,36-14-8-6-5-7-9-14)33-11-16-17(27)22(4,31)20(35-16)26-10-15(23)18(28)24-21(26)30/h5-10,12-13,16-17,20,27,31H,11H2,1-4H3,(H,25,32)(H,24,28,30)/t13-,16-,17-,20?,22-,37?/m1/s1. The average molecular weight is 606 g/mol. The molecule has 37 heavy (non-hydrogen) atoms. The van der Waals surface area contributed by atoms with E-state index in [0.717, 1.165) is 10.8 Å². The summed E-state index contributed by atoms with van der Waals surface area (Å²) in [6, 6.07) is 6.95. The third kappa shape index (κ3) is 6.96. The molecule has 1 aliphatic rings. The summed E-state index contributed by atoms with van der Waals surface area (Å²) in [7, 11) is -4.28. The molecule has 2 aromatic rings. The lowest BCUT2D eigenvalue weighted by Crippen LogP contribution is -2.47. The Morgan fingerprint density at radius 1 is 1.30 bits per heavy atom. The first-order valence-electron chi connectivity index (χ1n) is 11.3. The Hall–Kier alpha value is -2.32. The van der Waals surface area contributed by atoms with Crippen LogP contribution in [0.3, 0.4) is 0 Å². The number of hydrogen-bond donors (Lipinski definition) is 4. The van der Waals surface area contributed by atoms with E-state index in [1.54, 1.807) is 32.0 Å². The number of nitrogens with zero attached hydrogens (tertiary/aromatic N) is 1. The fraction of sp³-hybridized carbons (Fsp3) is 0.500. The van der Waals surface area contributed by atoms with Crippen LogP contribution in [0.1, 0.15) is 33.9 Å². The minimum absolute atomic E-state index is 0.00655. The monoisotopic (exact) mass is 605 g/mol. The summed E-state index contributed by atoms with van der Waals surface area (Å²) in [4.78, 5) is 38.4. The van der Waals surface area contributed by atoms with Gasteiger partial charge in [-0.05, 0) is 55.8 Å². The lowest BCUT2D eigenvalue weighted by molar-refractivity contribution is -0.149. The Bertz CT molecular complexity index is 1270. The fourth-order valence-corrected chi connectivity index (χ4v) is 5.34. The van der Waals surface area contributed by atoms with Crippen LogP contribution in [0, 0.1) is 0 Å². The van der Waals surface area contributed by atoms with Gasteiger partial charge in [0.2, 0.25) is 0 Å². The van der Waals surface area contributed by atoms with Gasteiger partial charge in [0.25, 0.3) is 5.56 Å². The number of aliphatic hydroxyl groups excluding tert-OH is 1. The number of rotatable bonds is 10. The summed E-state index contributed by atoms with van der Waals surface area (Å²) in [6.45, 7) is 5.40. The number of aliphatic hydroxyl groups is 2. The van der Waals surface area contributed by atoms with Crippen molar-refractivity contribution in [1.82, 2.24) is 14.6 Å². The molecule has 2 heterocycles. The Balaban J connectivity index is 1.82. The largest absolute Gasteiger partial charge is 0.462 e. The Morgan fingerprint density at radius 2 is 1.95 bits per heavy atom. The van der Waals surface area contributed by atoms with Crippen molar-refractivity contribution >= 4 is 29.6 Å². The number of hydrogen-bond acceptors (Lipinski definition) is 10. The molecule has 6 atom stereocenters. The summed E-state index contributed by atoms with van der Waals surface area (Å²) in [5, 5.41) is 24.2. The predicted molar refractivity (Wildman–Crippen MR) is 134 cm³/mol. The van der Waals surface area contributed by atoms with Crippen LogP contribution in [0.4, 0.5) is 0 Å². The van der Waals surface area contributed by atoms with Crippen LogP contribution >= 0.6 is 23.7 Å². The van der Waals surface area contributed by atoms with E-state index < -0.39 is 67.8 Å². The number of halogens is 1. The first-order valence-corrected chi connectivity index (χ1v) is 13.6. The molecule has 1 aliphatic heterocycles. The molecule has 2 unspecified atom stereocenters. The van der Waals surface area contributed by atoms with Crippen molar-refractivity contribution < 1.29 is 38.1 Å². The van der Waals surface area contributed by atoms with Gasteiger partial charge in [-0.3, -0.25) is 23.7 Å². The summed E-state index contributed by atoms with van der Waals surface area (Å²) in [5.41, 5.74) is -3.58. The second-order valence-electron chi connectivity index (χ2n) is 8.88. The van der Waals surface area contributed by atoms with Gasteiger partial charge in [0.05, 0.1) is 17.2 Å². The minimum atomic E-state index is -4.28. The van der Waals surface area contributed by atoms with E-state index in [-0.39, 0.29) is 10.2 Å². The normalized spacial score (nSPS) is 26.0. The highest BCUT2D eigenvalue weighted by Crippen LogP contribution is 2.46. The quantitative estimate of drug-likeness (QED) is 0.227. The number of H-pyrrole nitrogens is 1. The third-order valence-electron chi connectivity index (χ3n) is 5.37. The second-order valence-corrected chi connectivity index (χ2v) is 11.4. The van der Waals surface area contributed by atoms with E-state index in [4.69, 9.17) is 18.5 Å². The van der Waals surface area contributed by atoms with Gasteiger partial charge in [-0.15, -0.1) is 0 Å². The molecule has 204 valence electrons. The molecule has 0 saturated carbocycles. The van der Waals surface area contributed by atoms with E-state index in [1.807, 2.05) is 0 Å². The van der Waals surface area contributed by atoms with Crippen molar-refractivity contribution in [2.24, 2.45) is 0 Å². The molecule has 1 saturated heterocycles. The SMILES string of the molecule is CC(C)OC(=O)[C@@H](C)NP(=O)(OC[C@H]1OC(n2cc(Br)c(=O)[nH]c2=O)[C@](C)(O)[C@@H]1O)Oc1ccccc1. The Kier molecular flexibility index (Phi) is 9.17. The third-order valence-corrected chi connectivity index (χ3v) is 7.57. The zero-order valence-electron chi connectivity index (χ0n) is 20.5. The molecule has 1 aromatic carbocycles. The number of esters is 1. The van der Waals surface area contributed by atoms with E-state index in [2.05, 4.69) is 26.0 Å². The van der Waals surface area contributed by atoms with Gasteiger partial charge < -0.3 is 24.2 Å². The maximum atomic E-state index is 13.6. The number of carbonyl (C=O) groups is 1. The molecule has 0 amide bonds. The van der Waals surface area contributed by atoms with Crippen LogP contribution in [0.2, 0.25) is 0 Å². The molecular weight excluding hydrogens is 577 g/mol. The molecule has 13 nitrogen and oxygen atoms in total. The fourth-order valence-electron chi connectivity index (χ4n) is 3.52. The number of ether oxygens (including phenoxy) is 2.